The molecule has 2 amide bonds. The van der Waals surface area contributed by atoms with Gasteiger partial charge in [0.2, 0.25) is 0 Å². The normalized spacial score (nSPS) is 23.1. The van der Waals surface area contributed by atoms with Crippen LogP contribution >= 0.6 is 0 Å². The van der Waals surface area contributed by atoms with Crippen LogP contribution in [-0.2, 0) is 11.3 Å². The van der Waals surface area contributed by atoms with Crippen molar-refractivity contribution < 1.29 is 14.7 Å². The molecule has 7 nitrogen and oxygen atoms in total. The van der Waals surface area contributed by atoms with Gasteiger partial charge in [-0.3, -0.25) is 5.10 Å². The molecule has 18 heavy (non-hydrogen) atoms. The molecule has 1 aliphatic heterocycles. The minimum atomic E-state index is -1.10. The van der Waals surface area contributed by atoms with Gasteiger partial charge in [-0.25, -0.2) is 9.59 Å². The van der Waals surface area contributed by atoms with Crippen molar-refractivity contribution in [3.8, 4) is 0 Å². The predicted octanol–water partition coefficient (Wildman–Crippen LogP) is 0.558. The number of urea groups is 1. The third-order valence-corrected chi connectivity index (χ3v) is 3.35. The summed E-state index contributed by atoms with van der Waals surface area (Å²) in [5.41, 5.74) is -0.250. The van der Waals surface area contributed by atoms with Gasteiger partial charge in [-0.1, -0.05) is 0 Å². The Kier molecular flexibility index (Phi) is 3.22. The van der Waals surface area contributed by atoms with Crippen LogP contribution in [-0.4, -0.2) is 44.3 Å². The lowest BCUT2D eigenvalue weighted by atomic mass is 10.00. The van der Waals surface area contributed by atoms with Gasteiger partial charge < -0.3 is 15.3 Å². The smallest absolute Gasteiger partial charge is 0.329 e. The first-order valence-corrected chi connectivity index (χ1v) is 5.80. The summed E-state index contributed by atoms with van der Waals surface area (Å²) in [5.74, 6) is -0.960. The number of carboxylic acid groups (broad SMARTS) is 1. The van der Waals surface area contributed by atoms with Crippen molar-refractivity contribution in [2.75, 3.05) is 6.54 Å². The van der Waals surface area contributed by atoms with Crippen LogP contribution in [0.15, 0.2) is 12.4 Å². The first kappa shape index (κ1) is 12.4. The predicted molar refractivity (Wildman–Crippen MR) is 62.8 cm³/mol. The van der Waals surface area contributed by atoms with Crippen molar-refractivity contribution >= 4 is 12.0 Å². The number of aromatic nitrogens is 2. The number of rotatable bonds is 3. The minimum Gasteiger partial charge on any atom is -0.480 e. The number of hydrogen-bond donors (Lipinski definition) is 3. The molecule has 1 atom stereocenters. The zero-order valence-corrected chi connectivity index (χ0v) is 10.1. The van der Waals surface area contributed by atoms with Gasteiger partial charge in [-0.05, 0) is 19.8 Å². The molecule has 2 rings (SSSR count). The molecule has 0 saturated carbocycles. The second kappa shape index (κ2) is 4.67. The van der Waals surface area contributed by atoms with E-state index in [0.717, 1.165) is 5.56 Å². The number of likely N-dealkylation sites (tertiary alicyclic amines) is 1. The Balaban J connectivity index is 1.98. The first-order chi connectivity index (χ1) is 8.54. The van der Waals surface area contributed by atoms with Gasteiger partial charge in [0.25, 0.3) is 0 Å². The molecule has 98 valence electrons. The lowest BCUT2D eigenvalue weighted by Gasteiger charge is -2.31. The average molecular weight is 252 g/mol. The van der Waals surface area contributed by atoms with Crippen LogP contribution in [0.5, 0.6) is 0 Å². The summed E-state index contributed by atoms with van der Waals surface area (Å²) in [5, 5.41) is 18.3. The van der Waals surface area contributed by atoms with E-state index < -0.39 is 11.5 Å². The molecule has 0 spiro atoms. The first-order valence-electron chi connectivity index (χ1n) is 5.80. The Labute approximate surface area is 104 Å². The van der Waals surface area contributed by atoms with Crippen LogP contribution in [0.3, 0.4) is 0 Å². The molecule has 0 aromatic carbocycles. The molecule has 1 fully saturated rings. The standard InChI is InChI=1S/C11H16N4O3/c1-11(9(16)17)3-2-4-15(11)10(18)12-5-8-6-13-14-7-8/h6-7H,2-5H2,1H3,(H,12,18)(H,13,14)(H,16,17). The van der Waals surface area contributed by atoms with Gasteiger partial charge in [0.1, 0.15) is 5.54 Å². The summed E-state index contributed by atoms with van der Waals surface area (Å²) in [7, 11) is 0. The minimum absolute atomic E-state index is 0.335. The van der Waals surface area contributed by atoms with E-state index in [4.69, 9.17) is 0 Å². The van der Waals surface area contributed by atoms with E-state index in [1.807, 2.05) is 0 Å². The van der Waals surface area contributed by atoms with E-state index in [-0.39, 0.29) is 6.03 Å². The maximum absolute atomic E-state index is 12.0. The number of aromatic amines is 1. The van der Waals surface area contributed by atoms with Crippen molar-refractivity contribution in [3.63, 3.8) is 0 Å². The van der Waals surface area contributed by atoms with Gasteiger partial charge in [0.05, 0.1) is 6.20 Å². The maximum atomic E-state index is 12.0. The Morgan fingerprint density at radius 1 is 1.67 bits per heavy atom. The van der Waals surface area contributed by atoms with Gasteiger partial charge in [0, 0.05) is 24.8 Å². The summed E-state index contributed by atoms with van der Waals surface area (Å²) < 4.78 is 0. The number of carboxylic acids is 1. The lowest BCUT2D eigenvalue weighted by Crippen LogP contribution is -2.53. The zero-order valence-electron chi connectivity index (χ0n) is 10.1. The molecule has 1 aliphatic rings. The Morgan fingerprint density at radius 3 is 3.06 bits per heavy atom. The van der Waals surface area contributed by atoms with Gasteiger partial charge in [-0.2, -0.15) is 5.10 Å². The van der Waals surface area contributed by atoms with Crippen LogP contribution in [0.4, 0.5) is 4.79 Å². The van der Waals surface area contributed by atoms with E-state index in [1.54, 1.807) is 19.3 Å². The van der Waals surface area contributed by atoms with Crippen molar-refractivity contribution in [2.24, 2.45) is 0 Å². The van der Waals surface area contributed by atoms with Crippen LogP contribution in [0.25, 0.3) is 0 Å². The highest BCUT2D eigenvalue weighted by Crippen LogP contribution is 2.29. The monoisotopic (exact) mass is 252 g/mol. The molecule has 2 heterocycles. The number of amides is 2. The number of nitrogens with zero attached hydrogens (tertiary/aromatic N) is 2. The van der Waals surface area contributed by atoms with E-state index in [2.05, 4.69) is 15.5 Å². The van der Waals surface area contributed by atoms with Gasteiger partial charge in [-0.15, -0.1) is 0 Å². The van der Waals surface area contributed by atoms with E-state index in [1.165, 1.54) is 4.90 Å². The van der Waals surface area contributed by atoms with E-state index in [0.29, 0.717) is 25.9 Å². The van der Waals surface area contributed by atoms with E-state index >= 15 is 0 Å². The Bertz CT molecular complexity index is 445. The average Bonchev–Trinajstić information content (AvgIpc) is 2.95. The Hall–Kier alpha value is -2.05. The number of H-pyrrole nitrogens is 1. The van der Waals surface area contributed by atoms with Crippen LogP contribution in [0.1, 0.15) is 25.3 Å². The highest BCUT2D eigenvalue weighted by Gasteiger charge is 2.45. The summed E-state index contributed by atoms with van der Waals surface area (Å²) in [4.78, 5) is 24.6. The fraction of sp³-hybridized carbons (Fsp3) is 0.545. The highest BCUT2D eigenvalue weighted by atomic mass is 16.4. The molecule has 7 heteroatoms. The van der Waals surface area contributed by atoms with Crippen molar-refractivity contribution in [3.05, 3.63) is 18.0 Å². The van der Waals surface area contributed by atoms with Crippen LogP contribution < -0.4 is 5.32 Å². The molecule has 1 saturated heterocycles. The SMILES string of the molecule is CC1(C(=O)O)CCCN1C(=O)NCc1cn[nH]c1. The third-order valence-electron chi connectivity index (χ3n) is 3.35. The number of carbonyl (C=O) groups excluding carboxylic acids is 1. The topological polar surface area (TPSA) is 98.3 Å². The molecular formula is C11H16N4O3. The third kappa shape index (κ3) is 2.15. The quantitative estimate of drug-likeness (QED) is 0.732. The summed E-state index contributed by atoms with van der Waals surface area (Å²) in [6, 6.07) is -0.349. The maximum Gasteiger partial charge on any atom is 0.329 e. The number of hydrogen-bond acceptors (Lipinski definition) is 3. The molecule has 3 N–H and O–H groups in total. The fourth-order valence-corrected chi connectivity index (χ4v) is 2.16. The molecular weight excluding hydrogens is 236 g/mol. The molecule has 1 unspecified atom stereocenters. The van der Waals surface area contributed by atoms with Crippen molar-refractivity contribution in [1.82, 2.24) is 20.4 Å². The van der Waals surface area contributed by atoms with Gasteiger partial charge in [0.15, 0.2) is 0 Å². The number of nitrogens with one attached hydrogen (secondary N) is 2. The summed E-state index contributed by atoms with van der Waals surface area (Å²) >= 11 is 0. The van der Waals surface area contributed by atoms with Crippen molar-refractivity contribution in [2.45, 2.75) is 31.8 Å². The lowest BCUT2D eigenvalue weighted by molar-refractivity contribution is -0.147. The molecule has 1 aromatic rings. The number of aliphatic carboxylic acids is 1. The van der Waals surface area contributed by atoms with Crippen LogP contribution in [0, 0.1) is 0 Å². The number of carbonyl (C=O) groups is 2. The van der Waals surface area contributed by atoms with Crippen LogP contribution in [0.2, 0.25) is 0 Å². The molecule has 1 aromatic heterocycles. The molecule has 0 bridgehead atoms. The summed E-state index contributed by atoms with van der Waals surface area (Å²) in [6.45, 7) is 2.39. The largest absolute Gasteiger partial charge is 0.480 e. The fourth-order valence-electron chi connectivity index (χ4n) is 2.16. The zero-order chi connectivity index (χ0) is 13.2. The van der Waals surface area contributed by atoms with E-state index in [9.17, 15) is 14.7 Å². The van der Waals surface area contributed by atoms with Crippen molar-refractivity contribution in [1.29, 1.82) is 0 Å². The summed E-state index contributed by atoms with van der Waals surface area (Å²) in [6.07, 6.45) is 4.49. The highest BCUT2D eigenvalue weighted by molar-refractivity contribution is 5.86. The molecule has 0 aliphatic carbocycles. The van der Waals surface area contributed by atoms with Gasteiger partial charge >= 0.3 is 12.0 Å². The molecule has 0 radical (unpaired) electrons. The Morgan fingerprint density at radius 2 is 2.44 bits per heavy atom. The second-order valence-electron chi connectivity index (χ2n) is 4.60. The second-order valence-corrected chi connectivity index (χ2v) is 4.60.